The van der Waals surface area contributed by atoms with Gasteiger partial charge in [0.2, 0.25) is 5.91 Å². The molecule has 10 heteroatoms. The van der Waals surface area contributed by atoms with E-state index in [1.165, 1.54) is 24.1 Å². The summed E-state index contributed by atoms with van der Waals surface area (Å²) in [6.45, 7) is 3.39. The molecule has 2 amide bonds. The summed E-state index contributed by atoms with van der Waals surface area (Å²) >= 11 is 0. The number of carbonyl (C=O) groups excluding carboxylic acids is 2. The maximum Gasteiger partial charge on any atom is 0.286 e. The fourth-order valence-electron chi connectivity index (χ4n) is 3.19. The number of likely N-dealkylation sites (tertiary alicyclic amines) is 1. The summed E-state index contributed by atoms with van der Waals surface area (Å²) in [6.07, 6.45) is 1.28. The van der Waals surface area contributed by atoms with Crippen molar-refractivity contribution in [2.24, 2.45) is 11.7 Å². The zero-order valence-electron chi connectivity index (χ0n) is 16.1. The lowest BCUT2D eigenvalue weighted by Gasteiger charge is -2.32. The van der Waals surface area contributed by atoms with Gasteiger partial charge in [-0.3, -0.25) is 19.7 Å². The fourth-order valence-corrected chi connectivity index (χ4v) is 3.19. The van der Waals surface area contributed by atoms with Crippen molar-refractivity contribution in [3.8, 4) is 11.5 Å². The summed E-state index contributed by atoms with van der Waals surface area (Å²) in [5, 5.41) is 14.2. The fraction of sp³-hybridized carbons (Fsp3) is 0.556. The summed E-state index contributed by atoms with van der Waals surface area (Å²) < 4.78 is 10.6. The summed E-state index contributed by atoms with van der Waals surface area (Å²) in [6, 6.07) is 2.52. The third-order valence-corrected chi connectivity index (χ3v) is 4.53. The van der Waals surface area contributed by atoms with Gasteiger partial charge in [0.05, 0.1) is 30.6 Å². The van der Waals surface area contributed by atoms with Gasteiger partial charge in [-0.25, -0.2) is 0 Å². The predicted octanol–water partition coefficient (Wildman–Crippen LogP) is 0.929. The van der Waals surface area contributed by atoms with E-state index in [1.54, 1.807) is 6.92 Å². The molecule has 0 aliphatic carbocycles. The zero-order chi connectivity index (χ0) is 20.7. The molecule has 0 saturated carbocycles. The standard InChI is InChI=1S/C18H26N4O6/c1-3-28-16-9-13(14(22(25)26)10-15(16)27-2)18(24)21-8-4-5-12(11-21)17(23)20-7-6-19/h9-10,12H,3-8,11,19H2,1-2H3,(H,20,23). The van der Waals surface area contributed by atoms with E-state index in [-0.39, 0.29) is 41.1 Å². The normalized spacial score (nSPS) is 16.4. The van der Waals surface area contributed by atoms with Crippen molar-refractivity contribution in [3.05, 3.63) is 27.8 Å². The molecule has 1 fully saturated rings. The average Bonchev–Trinajstić information content (AvgIpc) is 2.71. The average molecular weight is 394 g/mol. The van der Waals surface area contributed by atoms with Gasteiger partial charge in [-0.05, 0) is 19.8 Å². The van der Waals surface area contributed by atoms with E-state index in [2.05, 4.69) is 5.32 Å². The zero-order valence-corrected chi connectivity index (χ0v) is 16.1. The van der Waals surface area contributed by atoms with Crippen LogP contribution in [0.25, 0.3) is 0 Å². The third kappa shape index (κ3) is 4.89. The van der Waals surface area contributed by atoms with Gasteiger partial charge in [0.1, 0.15) is 5.56 Å². The Morgan fingerprint density at radius 3 is 2.75 bits per heavy atom. The molecule has 28 heavy (non-hydrogen) atoms. The van der Waals surface area contributed by atoms with Crippen LogP contribution in [0.5, 0.6) is 11.5 Å². The van der Waals surface area contributed by atoms with E-state index < -0.39 is 10.8 Å². The number of hydrogen-bond donors (Lipinski definition) is 2. The number of amides is 2. The molecule has 1 aromatic carbocycles. The number of ether oxygens (including phenoxy) is 2. The number of nitrogens with two attached hydrogens (primary N) is 1. The number of rotatable bonds is 8. The first-order valence-corrected chi connectivity index (χ1v) is 9.19. The molecule has 0 radical (unpaired) electrons. The maximum absolute atomic E-state index is 13.0. The highest BCUT2D eigenvalue weighted by Crippen LogP contribution is 2.35. The van der Waals surface area contributed by atoms with E-state index in [1.807, 2.05) is 0 Å². The Labute approximate surface area is 163 Å². The Morgan fingerprint density at radius 2 is 2.14 bits per heavy atom. The monoisotopic (exact) mass is 394 g/mol. The quantitative estimate of drug-likeness (QED) is 0.494. The number of nitro groups is 1. The van der Waals surface area contributed by atoms with E-state index in [9.17, 15) is 19.7 Å². The number of nitro benzene ring substituents is 1. The minimum absolute atomic E-state index is 0.0859. The van der Waals surface area contributed by atoms with Gasteiger partial charge in [-0.15, -0.1) is 0 Å². The molecule has 1 unspecified atom stereocenters. The van der Waals surface area contributed by atoms with Crippen molar-refractivity contribution in [2.45, 2.75) is 19.8 Å². The predicted molar refractivity (Wildman–Crippen MR) is 102 cm³/mol. The molecule has 0 spiro atoms. The van der Waals surface area contributed by atoms with Crippen LogP contribution in [0.4, 0.5) is 5.69 Å². The second kappa shape index (κ2) is 9.88. The molecule has 1 saturated heterocycles. The third-order valence-electron chi connectivity index (χ3n) is 4.53. The number of benzene rings is 1. The van der Waals surface area contributed by atoms with Crippen molar-refractivity contribution in [2.75, 3.05) is 39.9 Å². The number of hydrogen-bond acceptors (Lipinski definition) is 7. The number of nitrogens with one attached hydrogen (secondary N) is 1. The van der Waals surface area contributed by atoms with Crippen LogP contribution in [0.3, 0.4) is 0 Å². The second-order valence-electron chi connectivity index (χ2n) is 6.38. The molecular formula is C18H26N4O6. The molecular weight excluding hydrogens is 368 g/mol. The van der Waals surface area contributed by atoms with Gasteiger partial charge in [0, 0.05) is 32.2 Å². The summed E-state index contributed by atoms with van der Waals surface area (Å²) in [5.74, 6) is -0.599. The molecule has 10 nitrogen and oxygen atoms in total. The Kier molecular flexibility index (Phi) is 7.56. The minimum Gasteiger partial charge on any atom is -0.493 e. The van der Waals surface area contributed by atoms with Crippen LogP contribution in [-0.2, 0) is 4.79 Å². The van der Waals surface area contributed by atoms with Crippen molar-refractivity contribution in [3.63, 3.8) is 0 Å². The highest BCUT2D eigenvalue weighted by molar-refractivity contribution is 5.99. The Morgan fingerprint density at radius 1 is 1.39 bits per heavy atom. The molecule has 1 aliphatic rings. The van der Waals surface area contributed by atoms with Crippen LogP contribution < -0.4 is 20.5 Å². The van der Waals surface area contributed by atoms with Gasteiger partial charge in [-0.1, -0.05) is 0 Å². The molecule has 3 N–H and O–H groups in total. The van der Waals surface area contributed by atoms with Gasteiger partial charge < -0.3 is 25.4 Å². The number of methoxy groups -OCH3 is 1. The van der Waals surface area contributed by atoms with E-state index >= 15 is 0 Å². The highest BCUT2D eigenvalue weighted by Gasteiger charge is 2.33. The maximum atomic E-state index is 13.0. The summed E-state index contributed by atoms with van der Waals surface area (Å²) in [7, 11) is 1.37. The van der Waals surface area contributed by atoms with Crippen LogP contribution in [0.2, 0.25) is 0 Å². The Hall–Kier alpha value is -2.88. The van der Waals surface area contributed by atoms with E-state index in [4.69, 9.17) is 15.2 Å². The summed E-state index contributed by atoms with van der Waals surface area (Å²) in [5.41, 5.74) is 4.95. The molecule has 0 aromatic heterocycles. The van der Waals surface area contributed by atoms with Crippen LogP contribution in [-0.4, -0.2) is 61.5 Å². The lowest BCUT2D eigenvalue weighted by atomic mass is 9.96. The largest absolute Gasteiger partial charge is 0.493 e. The Balaban J connectivity index is 2.29. The lowest BCUT2D eigenvalue weighted by molar-refractivity contribution is -0.385. The molecule has 1 aliphatic heterocycles. The first-order valence-electron chi connectivity index (χ1n) is 9.19. The molecule has 1 heterocycles. The van der Waals surface area contributed by atoms with Crippen molar-refractivity contribution >= 4 is 17.5 Å². The van der Waals surface area contributed by atoms with E-state index in [0.29, 0.717) is 39.1 Å². The van der Waals surface area contributed by atoms with Crippen molar-refractivity contribution in [1.82, 2.24) is 10.2 Å². The smallest absolute Gasteiger partial charge is 0.286 e. The first kappa shape index (κ1) is 21.4. The highest BCUT2D eigenvalue weighted by atomic mass is 16.6. The molecule has 2 rings (SSSR count). The van der Waals surface area contributed by atoms with Gasteiger partial charge in [0.25, 0.3) is 11.6 Å². The number of nitrogens with zero attached hydrogens (tertiary/aromatic N) is 2. The Bertz CT molecular complexity index is 739. The van der Waals surface area contributed by atoms with E-state index in [0.717, 1.165) is 0 Å². The number of piperidine rings is 1. The summed E-state index contributed by atoms with van der Waals surface area (Å²) in [4.78, 5) is 37.6. The van der Waals surface area contributed by atoms with Gasteiger partial charge >= 0.3 is 0 Å². The topological polar surface area (TPSA) is 137 Å². The SMILES string of the molecule is CCOc1cc(C(=O)N2CCCC(C(=O)NCCN)C2)c([N+](=O)[O-])cc1OC. The number of carbonyl (C=O) groups is 2. The lowest BCUT2D eigenvalue weighted by Crippen LogP contribution is -2.46. The minimum atomic E-state index is -0.624. The van der Waals surface area contributed by atoms with Gasteiger partial charge in [0.15, 0.2) is 11.5 Å². The van der Waals surface area contributed by atoms with Crippen LogP contribution in [0.1, 0.15) is 30.1 Å². The van der Waals surface area contributed by atoms with Crippen LogP contribution in [0.15, 0.2) is 12.1 Å². The first-order chi connectivity index (χ1) is 13.4. The van der Waals surface area contributed by atoms with Gasteiger partial charge in [-0.2, -0.15) is 0 Å². The van der Waals surface area contributed by atoms with Crippen LogP contribution in [0, 0.1) is 16.0 Å². The molecule has 1 aromatic rings. The molecule has 0 bridgehead atoms. The second-order valence-corrected chi connectivity index (χ2v) is 6.38. The molecule has 154 valence electrons. The van der Waals surface area contributed by atoms with Crippen LogP contribution >= 0.6 is 0 Å². The molecule has 1 atom stereocenters. The van der Waals surface area contributed by atoms with Crippen molar-refractivity contribution in [1.29, 1.82) is 0 Å². The van der Waals surface area contributed by atoms with Crippen molar-refractivity contribution < 1.29 is 24.0 Å².